The predicted octanol–water partition coefficient (Wildman–Crippen LogP) is 2.22. The van der Waals surface area contributed by atoms with Gasteiger partial charge in [0.25, 0.3) is 0 Å². The van der Waals surface area contributed by atoms with Crippen molar-refractivity contribution in [1.82, 2.24) is 5.32 Å². The molecule has 1 heterocycles. The molecule has 0 spiro atoms. The lowest BCUT2D eigenvalue weighted by atomic mass is 9.89. The van der Waals surface area contributed by atoms with Crippen LogP contribution < -0.4 is 11.1 Å². The number of piperidine rings is 1. The number of benzene rings is 1. The highest BCUT2D eigenvalue weighted by Crippen LogP contribution is 2.25. The second kappa shape index (κ2) is 4.77. The fraction of sp³-hybridized carbons (Fsp3) is 0.538. The molecule has 0 aromatic heterocycles. The molecular weight excluding hydrogens is 184 g/mol. The van der Waals surface area contributed by atoms with Gasteiger partial charge in [-0.15, -0.1) is 0 Å². The minimum Gasteiger partial charge on any atom is -0.326 e. The maximum Gasteiger partial charge on any atom is 0.0475 e. The summed E-state index contributed by atoms with van der Waals surface area (Å²) in [5.41, 5.74) is 7.49. The monoisotopic (exact) mass is 204 g/mol. The van der Waals surface area contributed by atoms with Crippen LogP contribution in [0, 0.1) is 0 Å². The van der Waals surface area contributed by atoms with Gasteiger partial charge in [-0.25, -0.2) is 0 Å². The number of hydrogen-bond donors (Lipinski definition) is 2. The number of rotatable bonds is 2. The van der Waals surface area contributed by atoms with E-state index in [0.717, 1.165) is 6.42 Å². The van der Waals surface area contributed by atoms with Crippen molar-refractivity contribution in [3.05, 3.63) is 35.9 Å². The quantitative estimate of drug-likeness (QED) is 0.775. The van der Waals surface area contributed by atoms with Gasteiger partial charge in [-0.1, -0.05) is 37.3 Å². The van der Waals surface area contributed by atoms with E-state index in [1.807, 2.05) is 0 Å². The van der Waals surface area contributed by atoms with Gasteiger partial charge in [-0.3, -0.25) is 0 Å². The third kappa shape index (κ3) is 2.39. The summed E-state index contributed by atoms with van der Waals surface area (Å²) in [5.74, 6) is 0. The van der Waals surface area contributed by atoms with Crippen LogP contribution in [-0.2, 0) is 0 Å². The van der Waals surface area contributed by atoms with Crippen LogP contribution >= 0.6 is 0 Å². The highest BCUT2D eigenvalue weighted by atomic mass is 15.0. The average Bonchev–Trinajstić information content (AvgIpc) is 2.31. The van der Waals surface area contributed by atoms with Crippen LogP contribution in [0.5, 0.6) is 0 Å². The molecular formula is C13H20N2. The molecule has 1 aliphatic heterocycles. The van der Waals surface area contributed by atoms with E-state index in [1.54, 1.807) is 0 Å². The van der Waals surface area contributed by atoms with Crippen LogP contribution in [-0.4, -0.2) is 12.1 Å². The fourth-order valence-corrected chi connectivity index (χ4v) is 2.35. The zero-order valence-corrected chi connectivity index (χ0v) is 9.32. The molecule has 0 unspecified atom stereocenters. The first kappa shape index (κ1) is 10.7. The molecule has 2 heteroatoms. The smallest absolute Gasteiger partial charge is 0.0475 e. The molecule has 1 fully saturated rings. The van der Waals surface area contributed by atoms with Crippen molar-refractivity contribution in [3.63, 3.8) is 0 Å². The zero-order valence-electron chi connectivity index (χ0n) is 9.32. The molecule has 1 saturated heterocycles. The van der Waals surface area contributed by atoms with E-state index < -0.39 is 0 Å². The van der Waals surface area contributed by atoms with Crippen molar-refractivity contribution >= 4 is 0 Å². The molecule has 2 nitrogen and oxygen atoms in total. The largest absolute Gasteiger partial charge is 0.326 e. The van der Waals surface area contributed by atoms with E-state index >= 15 is 0 Å². The van der Waals surface area contributed by atoms with Crippen LogP contribution in [0.15, 0.2) is 30.3 Å². The Bertz CT molecular complexity index is 297. The Morgan fingerprint density at radius 2 is 2.00 bits per heavy atom. The minimum absolute atomic E-state index is 0.259. The summed E-state index contributed by atoms with van der Waals surface area (Å²) < 4.78 is 0. The molecule has 1 aromatic rings. The van der Waals surface area contributed by atoms with Crippen molar-refractivity contribution < 1.29 is 0 Å². The normalized spacial score (nSPS) is 31.5. The van der Waals surface area contributed by atoms with Crippen molar-refractivity contribution in [2.75, 3.05) is 0 Å². The predicted molar refractivity (Wildman–Crippen MR) is 63.6 cm³/mol. The van der Waals surface area contributed by atoms with Gasteiger partial charge < -0.3 is 11.1 Å². The third-order valence-electron chi connectivity index (χ3n) is 3.34. The molecule has 82 valence electrons. The van der Waals surface area contributed by atoms with E-state index in [2.05, 4.69) is 42.6 Å². The molecule has 0 amide bonds. The standard InChI is InChI=1S/C13H20N2/c1-2-11-8-9-12(14)13(15-11)10-6-4-3-5-7-10/h3-7,11-13,15H,2,8-9,14H2,1H3/t11-,12-,13-/m0/s1. The lowest BCUT2D eigenvalue weighted by Crippen LogP contribution is -2.47. The zero-order chi connectivity index (χ0) is 10.7. The summed E-state index contributed by atoms with van der Waals surface area (Å²) in [5, 5.41) is 3.64. The van der Waals surface area contributed by atoms with Gasteiger partial charge in [-0.05, 0) is 24.8 Å². The molecule has 15 heavy (non-hydrogen) atoms. The van der Waals surface area contributed by atoms with Gasteiger partial charge in [-0.2, -0.15) is 0 Å². The summed E-state index contributed by atoms with van der Waals surface area (Å²) in [6, 6.07) is 11.8. The van der Waals surface area contributed by atoms with E-state index in [-0.39, 0.29) is 6.04 Å². The Morgan fingerprint density at radius 1 is 1.27 bits per heavy atom. The summed E-state index contributed by atoms with van der Waals surface area (Å²) in [6.07, 6.45) is 3.53. The molecule has 0 bridgehead atoms. The molecule has 0 aliphatic carbocycles. The molecule has 1 aromatic carbocycles. The second-order valence-electron chi connectivity index (χ2n) is 4.40. The molecule has 2 rings (SSSR count). The van der Waals surface area contributed by atoms with Crippen LogP contribution in [0.1, 0.15) is 37.8 Å². The Morgan fingerprint density at radius 3 is 2.67 bits per heavy atom. The van der Waals surface area contributed by atoms with Crippen LogP contribution in [0.2, 0.25) is 0 Å². The van der Waals surface area contributed by atoms with E-state index in [4.69, 9.17) is 5.73 Å². The SMILES string of the molecule is CC[C@H]1CC[C@H](N)[C@H](c2ccccc2)N1. The summed E-state index contributed by atoms with van der Waals surface area (Å²) in [6.45, 7) is 2.23. The fourth-order valence-electron chi connectivity index (χ4n) is 2.35. The first-order valence-corrected chi connectivity index (χ1v) is 5.88. The number of nitrogens with two attached hydrogens (primary N) is 1. The summed E-state index contributed by atoms with van der Waals surface area (Å²) >= 11 is 0. The maximum absolute atomic E-state index is 6.17. The Kier molecular flexibility index (Phi) is 3.39. The van der Waals surface area contributed by atoms with Gasteiger partial charge in [0.05, 0.1) is 0 Å². The van der Waals surface area contributed by atoms with Crippen molar-refractivity contribution in [3.8, 4) is 0 Å². The van der Waals surface area contributed by atoms with Crippen LogP contribution in [0.25, 0.3) is 0 Å². The van der Waals surface area contributed by atoms with Gasteiger partial charge in [0.1, 0.15) is 0 Å². The molecule has 1 aliphatic rings. The first-order chi connectivity index (χ1) is 7.31. The van der Waals surface area contributed by atoms with E-state index in [9.17, 15) is 0 Å². The molecule has 0 radical (unpaired) electrons. The maximum atomic E-state index is 6.17. The lowest BCUT2D eigenvalue weighted by molar-refractivity contribution is 0.283. The third-order valence-corrected chi connectivity index (χ3v) is 3.34. The molecule has 3 atom stereocenters. The Hall–Kier alpha value is -0.860. The van der Waals surface area contributed by atoms with Crippen LogP contribution in [0.4, 0.5) is 0 Å². The molecule has 3 N–H and O–H groups in total. The second-order valence-corrected chi connectivity index (χ2v) is 4.40. The van der Waals surface area contributed by atoms with Gasteiger partial charge in [0.15, 0.2) is 0 Å². The van der Waals surface area contributed by atoms with Gasteiger partial charge in [0.2, 0.25) is 0 Å². The molecule has 0 saturated carbocycles. The van der Waals surface area contributed by atoms with Crippen LogP contribution in [0.3, 0.4) is 0 Å². The first-order valence-electron chi connectivity index (χ1n) is 5.88. The number of hydrogen-bond acceptors (Lipinski definition) is 2. The Balaban J connectivity index is 2.13. The number of nitrogens with one attached hydrogen (secondary N) is 1. The summed E-state index contributed by atoms with van der Waals surface area (Å²) in [7, 11) is 0. The van der Waals surface area contributed by atoms with Crippen molar-refractivity contribution in [2.45, 2.75) is 44.3 Å². The lowest BCUT2D eigenvalue weighted by Gasteiger charge is -2.35. The van der Waals surface area contributed by atoms with E-state index in [1.165, 1.54) is 18.4 Å². The Labute approximate surface area is 91.9 Å². The minimum atomic E-state index is 0.259. The van der Waals surface area contributed by atoms with Crippen molar-refractivity contribution in [2.24, 2.45) is 5.73 Å². The summed E-state index contributed by atoms with van der Waals surface area (Å²) in [4.78, 5) is 0. The highest BCUT2D eigenvalue weighted by Gasteiger charge is 2.27. The van der Waals surface area contributed by atoms with Crippen molar-refractivity contribution in [1.29, 1.82) is 0 Å². The topological polar surface area (TPSA) is 38.0 Å². The average molecular weight is 204 g/mol. The van der Waals surface area contributed by atoms with E-state index in [0.29, 0.717) is 12.1 Å². The van der Waals surface area contributed by atoms with Gasteiger partial charge in [0, 0.05) is 18.1 Å². The highest BCUT2D eigenvalue weighted by molar-refractivity contribution is 5.21. The van der Waals surface area contributed by atoms with Gasteiger partial charge >= 0.3 is 0 Å².